The number of nitrogens with zero attached hydrogens (tertiary/aromatic N) is 1. The van der Waals surface area contributed by atoms with E-state index in [0.29, 0.717) is 5.56 Å². The number of carbonyl (C=O) groups is 1. The molecule has 1 heterocycles. The molecule has 1 aromatic carbocycles. The van der Waals surface area contributed by atoms with Crippen LogP contribution in [0.2, 0.25) is 0 Å². The van der Waals surface area contributed by atoms with Gasteiger partial charge in [-0.2, -0.15) is 13.2 Å². The molecule has 4 nitrogen and oxygen atoms in total. The van der Waals surface area contributed by atoms with Gasteiger partial charge in [0.05, 0.1) is 18.8 Å². The van der Waals surface area contributed by atoms with E-state index in [2.05, 4.69) is 4.74 Å². The van der Waals surface area contributed by atoms with Crippen LogP contribution < -0.4 is 0 Å². The number of aliphatic hydroxyl groups is 1. The summed E-state index contributed by atoms with van der Waals surface area (Å²) in [5.74, 6) is -0.487. The first-order valence-corrected chi connectivity index (χ1v) is 6.47. The van der Waals surface area contributed by atoms with Crippen LogP contribution in [-0.2, 0) is 22.3 Å². The van der Waals surface area contributed by atoms with Gasteiger partial charge in [0.15, 0.2) is 0 Å². The molecule has 1 fully saturated rings. The summed E-state index contributed by atoms with van der Waals surface area (Å²) in [5.41, 5.74) is -0.290. The summed E-state index contributed by atoms with van der Waals surface area (Å²) in [6.45, 7) is 0.386. The standard InChI is InChI=1S/C14H16F3NO3/c1-21-13(20)12-6-11(19)8-18(12)7-9-3-2-4-10(5-9)14(15,16)17/h2-5,11-12,19H,6-8H2,1H3. The number of β-amino-alcohol motifs (C(OH)–C–C–N with tert-alkyl or cyclic N) is 1. The van der Waals surface area contributed by atoms with Crippen LogP contribution in [0.1, 0.15) is 17.5 Å². The van der Waals surface area contributed by atoms with Crippen LogP contribution in [0.25, 0.3) is 0 Å². The Morgan fingerprint density at radius 2 is 2.19 bits per heavy atom. The van der Waals surface area contributed by atoms with Gasteiger partial charge in [-0.25, -0.2) is 0 Å². The molecule has 0 radical (unpaired) electrons. The number of rotatable bonds is 3. The first-order valence-electron chi connectivity index (χ1n) is 6.47. The van der Waals surface area contributed by atoms with Crippen LogP contribution in [0, 0.1) is 0 Å². The quantitative estimate of drug-likeness (QED) is 0.865. The number of esters is 1. The Morgan fingerprint density at radius 1 is 1.48 bits per heavy atom. The first kappa shape index (κ1) is 15.8. The maximum absolute atomic E-state index is 12.7. The molecular formula is C14H16F3NO3. The number of alkyl halides is 3. The summed E-state index contributed by atoms with van der Waals surface area (Å²) >= 11 is 0. The van der Waals surface area contributed by atoms with Crippen LogP contribution in [0.5, 0.6) is 0 Å². The number of likely N-dealkylation sites (tertiary alicyclic amines) is 1. The number of ether oxygens (including phenoxy) is 1. The highest BCUT2D eigenvalue weighted by atomic mass is 19.4. The Balaban J connectivity index is 2.15. The van der Waals surface area contributed by atoms with Crippen molar-refractivity contribution in [3.05, 3.63) is 35.4 Å². The van der Waals surface area contributed by atoms with Gasteiger partial charge in [-0.3, -0.25) is 9.69 Å². The molecule has 1 aliphatic rings. The lowest BCUT2D eigenvalue weighted by molar-refractivity contribution is -0.146. The molecule has 0 bridgehead atoms. The van der Waals surface area contributed by atoms with Gasteiger partial charge < -0.3 is 9.84 Å². The average Bonchev–Trinajstić information content (AvgIpc) is 2.78. The molecule has 1 aliphatic heterocycles. The fourth-order valence-electron chi connectivity index (χ4n) is 2.52. The second kappa shape index (κ2) is 6.03. The number of carbonyl (C=O) groups excluding carboxylic acids is 1. The van der Waals surface area contributed by atoms with Crippen LogP contribution in [0.15, 0.2) is 24.3 Å². The van der Waals surface area contributed by atoms with Gasteiger partial charge in [-0.15, -0.1) is 0 Å². The maximum Gasteiger partial charge on any atom is 0.416 e. The van der Waals surface area contributed by atoms with E-state index in [9.17, 15) is 23.1 Å². The fraction of sp³-hybridized carbons (Fsp3) is 0.500. The molecule has 116 valence electrons. The molecule has 0 saturated carbocycles. The van der Waals surface area contributed by atoms with E-state index in [4.69, 9.17) is 0 Å². The lowest BCUT2D eigenvalue weighted by Crippen LogP contribution is -2.36. The highest BCUT2D eigenvalue weighted by Gasteiger charge is 2.37. The molecule has 7 heteroatoms. The van der Waals surface area contributed by atoms with E-state index in [1.807, 2.05) is 0 Å². The summed E-state index contributed by atoms with van der Waals surface area (Å²) in [7, 11) is 1.25. The predicted octanol–water partition coefficient (Wildman–Crippen LogP) is 1.81. The van der Waals surface area contributed by atoms with Crippen molar-refractivity contribution in [2.45, 2.75) is 31.3 Å². The van der Waals surface area contributed by atoms with Crippen LogP contribution in [0.4, 0.5) is 13.2 Å². The zero-order valence-electron chi connectivity index (χ0n) is 11.4. The minimum absolute atomic E-state index is 0.154. The van der Waals surface area contributed by atoms with Gasteiger partial charge in [0.25, 0.3) is 0 Å². The third-order valence-electron chi connectivity index (χ3n) is 3.49. The third kappa shape index (κ3) is 3.74. The highest BCUT2D eigenvalue weighted by molar-refractivity contribution is 5.76. The van der Waals surface area contributed by atoms with Crippen LogP contribution >= 0.6 is 0 Å². The molecule has 1 N–H and O–H groups in total. The molecule has 2 rings (SSSR count). The molecule has 0 amide bonds. The minimum Gasteiger partial charge on any atom is -0.468 e. The topological polar surface area (TPSA) is 49.8 Å². The number of hydrogen-bond acceptors (Lipinski definition) is 4. The van der Waals surface area contributed by atoms with Crippen molar-refractivity contribution in [3.63, 3.8) is 0 Å². The average molecular weight is 303 g/mol. The van der Waals surface area contributed by atoms with Crippen molar-refractivity contribution in [1.82, 2.24) is 4.90 Å². The molecular weight excluding hydrogens is 287 g/mol. The summed E-state index contributed by atoms with van der Waals surface area (Å²) < 4.78 is 42.7. The van der Waals surface area contributed by atoms with Gasteiger partial charge in [0, 0.05) is 19.5 Å². The third-order valence-corrected chi connectivity index (χ3v) is 3.49. The number of benzene rings is 1. The highest BCUT2D eigenvalue weighted by Crippen LogP contribution is 2.30. The zero-order valence-corrected chi connectivity index (χ0v) is 11.4. The largest absolute Gasteiger partial charge is 0.468 e. The van der Waals surface area contributed by atoms with E-state index in [0.717, 1.165) is 12.1 Å². The molecule has 2 atom stereocenters. The van der Waals surface area contributed by atoms with Gasteiger partial charge in [0.2, 0.25) is 0 Å². The molecule has 0 spiro atoms. The Morgan fingerprint density at radius 3 is 2.81 bits per heavy atom. The Bertz CT molecular complexity index is 518. The smallest absolute Gasteiger partial charge is 0.416 e. The summed E-state index contributed by atoms with van der Waals surface area (Å²) in [6, 6.07) is 4.32. The lowest BCUT2D eigenvalue weighted by Gasteiger charge is -2.22. The molecule has 0 aromatic heterocycles. The molecule has 1 saturated heterocycles. The number of aliphatic hydroxyl groups excluding tert-OH is 1. The number of hydrogen-bond donors (Lipinski definition) is 1. The van der Waals surface area contributed by atoms with Crippen molar-refractivity contribution < 1.29 is 27.8 Å². The fourth-order valence-corrected chi connectivity index (χ4v) is 2.52. The van der Waals surface area contributed by atoms with Crippen LogP contribution in [-0.4, -0.2) is 41.8 Å². The number of halogens is 3. The van der Waals surface area contributed by atoms with Gasteiger partial charge in [-0.1, -0.05) is 18.2 Å². The Hall–Kier alpha value is -1.60. The lowest BCUT2D eigenvalue weighted by atomic mass is 10.1. The second-order valence-corrected chi connectivity index (χ2v) is 5.06. The minimum atomic E-state index is -4.40. The molecule has 21 heavy (non-hydrogen) atoms. The van der Waals surface area contributed by atoms with Crippen molar-refractivity contribution >= 4 is 5.97 Å². The second-order valence-electron chi connectivity index (χ2n) is 5.06. The van der Waals surface area contributed by atoms with Gasteiger partial charge in [-0.05, 0) is 11.6 Å². The van der Waals surface area contributed by atoms with E-state index in [-0.39, 0.29) is 19.5 Å². The zero-order chi connectivity index (χ0) is 15.6. The molecule has 1 aromatic rings. The SMILES string of the molecule is COC(=O)C1CC(O)CN1Cc1cccc(C(F)(F)F)c1. The summed E-state index contributed by atoms with van der Waals surface area (Å²) in [4.78, 5) is 13.3. The summed E-state index contributed by atoms with van der Waals surface area (Å²) in [5, 5.41) is 9.65. The van der Waals surface area contributed by atoms with Crippen molar-refractivity contribution in [3.8, 4) is 0 Å². The van der Waals surface area contributed by atoms with E-state index >= 15 is 0 Å². The molecule has 2 unspecified atom stereocenters. The van der Waals surface area contributed by atoms with E-state index in [1.165, 1.54) is 13.2 Å². The number of methoxy groups -OCH3 is 1. The normalized spacial score (nSPS) is 23.3. The van der Waals surface area contributed by atoms with E-state index < -0.39 is 29.9 Å². The van der Waals surface area contributed by atoms with Crippen molar-refractivity contribution in [2.75, 3.05) is 13.7 Å². The Kier molecular flexibility index (Phi) is 4.53. The van der Waals surface area contributed by atoms with Crippen molar-refractivity contribution in [2.24, 2.45) is 0 Å². The molecule has 0 aliphatic carbocycles. The van der Waals surface area contributed by atoms with Gasteiger partial charge >= 0.3 is 12.1 Å². The van der Waals surface area contributed by atoms with E-state index in [1.54, 1.807) is 11.0 Å². The maximum atomic E-state index is 12.7. The van der Waals surface area contributed by atoms with Gasteiger partial charge in [0.1, 0.15) is 6.04 Å². The Labute approximate surface area is 120 Å². The predicted molar refractivity (Wildman–Crippen MR) is 68.3 cm³/mol. The van der Waals surface area contributed by atoms with Crippen LogP contribution in [0.3, 0.4) is 0 Å². The summed E-state index contributed by atoms with van der Waals surface area (Å²) in [6.07, 6.45) is -4.85. The monoisotopic (exact) mass is 303 g/mol. The van der Waals surface area contributed by atoms with Crippen molar-refractivity contribution in [1.29, 1.82) is 0 Å². The first-order chi connectivity index (χ1) is 9.81.